The van der Waals surface area contributed by atoms with Gasteiger partial charge in [0.2, 0.25) is 0 Å². The van der Waals surface area contributed by atoms with E-state index >= 15 is 0 Å². The van der Waals surface area contributed by atoms with Crippen molar-refractivity contribution in [3.8, 4) is 11.5 Å². The summed E-state index contributed by atoms with van der Waals surface area (Å²) >= 11 is 0. The number of aliphatic hydroxyl groups is 1. The van der Waals surface area contributed by atoms with Gasteiger partial charge in [-0.05, 0) is 30.5 Å². The molecule has 1 aromatic rings. The lowest BCUT2D eigenvalue weighted by Gasteiger charge is -2.32. The summed E-state index contributed by atoms with van der Waals surface area (Å²) in [4.78, 5) is 0. The highest BCUT2D eigenvalue weighted by molar-refractivity contribution is 5.38. The first-order valence-corrected chi connectivity index (χ1v) is 7.30. The fourth-order valence-electron chi connectivity index (χ4n) is 2.79. The topological polar surface area (TPSA) is 50.7 Å². The first kappa shape index (κ1) is 15.1. The second kappa shape index (κ2) is 6.95. The normalized spacial score (nSPS) is 17.8. The Labute approximate surface area is 121 Å². The van der Waals surface area contributed by atoms with E-state index in [9.17, 15) is 5.11 Å². The van der Waals surface area contributed by atoms with Crippen LogP contribution in [0.25, 0.3) is 0 Å². The largest absolute Gasteiger partial charge is 0.497 e. The van der Waals surface area contributed by atoms with Gasteiger partial charge in [0.1, 0.15) is 11.5 Å². The molecule has 0 atom stereocenters. The van der Waals surface area contributed by atoms with E-state index in [0.717, 1.165) is 42.7 Å². The first-order chi connectivity index (χ1) is 9.65. The minimum absolute atomic E-state index is 0.527. The number of hydrogen-bond donors (Lipinski definition) is 2. The van der Waals surface area contributed by atoms with Gasteiger partial charge in [-0.25, -0.2) is 0 Å². The Kier molecular flexibility index (Phi) is 5.26. The van der Waals surface area contributed by atoms with E-state index in [-0.39, 0.29) is 0 Å². The molecule has 0 amide bonds. The van der Waals surface area contributed by atoms with Crippen molar-refractivity contribution in [2.75, 3.05) is 20.8 Å². The lowest BCUT2D eigenvalue weighted by atomic mass is 9.85. The molecule has 0 heterocycles. The van der Waals surface area contributed by atoms with Gasteiger partial charge in [-0.2, -0.15) is 0 Å². The molecule has 0 unspecified atom stereocenters. The Balaban J connectivity index is 1.90. The van der Waals surface area contributed by atoms with E-state index in [1.807, 2.05) is 18.2 Å². The second-order valence-electron chi connectivity index (χ2n) is 5.61. The third-order valence-corrected chi connectivity index (χ3v) is 3.98. The van der Waals surface area contributed by atoms with Gasteiger partial charge < -0.3 is 19.9 Å². The average molecular weight is 279 g/mol. The quantitative estimate of drug-likeness (QED) is 0.840. The van der Waals surface area contributed by atoms with Crippen LogP contribution in [-0.4, -0.2) is 31.5 Å². The van der Waals surface area contributed by atoms with E-state index in [4.69, 9.17) is 9.47 Å². The summed E-state index contributed by atoms with van der Waals surface area (Å²) in [6.07, 6.45) is 5.31. The van der Waals surface area contributed by atoms with Crippen molar-refractivity contribution in [1.29, 1.82) is 0 Å². The fourth-order valence-corrected chi connectivity index (χ4v) is 2.79. The molecule has 2 N–H and O–H groups in total. The van der Waals surface area contributed by atoms with Gasteiger partial charge in [0.25, 0.3) is 0 Å². The highest BCUT2D eigenvalue weighted by Gasteiger charge is 2.28. The van der Waals surface area contributed by atoms with Gasteiger partial charge >= 0.3 is 0 Å². The summed E-state index contributed by atoms with van der Waals surface area (Å²) in [5, 5.41) is 13.8. The lowest BCUT2D eigenvalue weighted by Crippen LogP contribution is -2.41. The van der Waals surface area contributed by atoms with E-state index in [1.54, 1.807) is 14.2 Å². The summed E-state index contributed by atoms with van der Waals surface area (Å²) in [6.45, 7) is 1.35. The molecule has 0 spiro atoms. The summed E-state index contributed by atoms with van der Waals surface area (Å²) < 4.78 is 10.5. The molecule has 0 aliphatic heterocycles. The van der Waals surface area contributed by atoms with Crippen LogP contribution < -0.4 is 14.8 Å². The zero-order valence-electron chi connectivity index (χ0n) is 12.4. The summed E-state index contributed by atoms with van der Waals surface area (Å²) in [7, 11) is 3.30. The Morgan fingerprint density at radius 2 is 1.65 bits per heavy atom. The number of ether oxygens (including phenoxy) is 2. The van der Waals surface area contributed by atoms with Crippen molar-refractivity contribution >= 4 is 0 Å². The van der Waals surface area contributed by atoms with Crippen LogP contribution in [0.3, 0.4) is 0 Å². The van der Waals surface area contributed by atoms with Gasteiger partial charge in [-0.15, -0.1) is 0 Å². The van der Waals surface area contributed by atoms with Crippen LogP contribution in [0.5, 0.6) is 11.5 Å². The summed E-state index contributed by atoms with van der Waals surface area (Å²) in [6, 6.07) is 5.83. The van der Waals surface area contributed by atoms with Gasteiger partial charge in [0.15, 0.2) is 0 Å². The predicted octanol–water partition coefficient (Wildman–Crippen LogP) is 2.49. The molecular formula is C16H25NO3. The molecule has 1 fully saturated rings. The van der Waals surface area contributed by atoms with Gasteiger partial charge in [-0.1, -0.05) is 19.3 Å². The van der Waals surface area contributed by atoms with Gasteiger partial charge in [-0.3, -0.25) is 0 Å². The molecular weight excluding hydrogens is 254 g/mol. The third-order valence-electron chi connectivity index (χ3n) is 3.98. The number of nitrogens with one attached hydrogen (secondary N) is 1. The zero-order valence-corrected chi connectivity index (χ0v) is 12.4. The van der Waals surface area contributed by atoms with Crippen molar-refractivity contribution in [2.45, 2.75) is 44.2 Å². The first-order valence-electron chi connectivity index (χ1n) is 7.30. The molecule has 1 saturated carbocycles. The van der Waals surface area contributed by atoms with E-state index in [0.29, 0.717) is 13.1 Å². The van der Waals surface area contributed by atoms with Gasteiger partial charge in [0.05, 0.1) is 19.8 Å². The summed E-state index contributed by atoms with van der Waals surface area (Å²) in [5.41, 5.74) is 0.571. The Bertz CT molecular complexity index is 405. The van der Waals surface area contributed by atoms with Crippen LogP contribution in [0, 0.1) is 0 Å². The molecule has 2 rings (SSSR count). The highest BCUT2D eigenvalue weighted by Crippen LogP contribution is 2.27. The molecule has 20 heavy (non-hydrogen) atoms. The molecule has 4 heteroatoms. The maximum atomic E-state index is 10.4. The number of benzene rings is 1. The third kappa shape index (κ3) is 4.12. The van der Waals surface area contributed by atoms with Crippen molar-refractivity contribution in [1.82, 2.24) is 5.32 Å². The average Bonchev–Trinajstić information content (AvgIpc) is 2.47. The molecule has 0 aromatic heterocycles. The smallest absolute Gasteiger partial charge is 0.122 e. The van der Waals surface area contributed by atoms with Crippen LogP contribution in [0.1, 0.15) is 37.7 Å². The van der Waals surface area contributed by atoms with Crippen molar-refractivity contribution in [3.05, 3.63) is 23.8 Å². The lowest BCUT2D eigenvalue weighted by molar-refractivity contribution is 0.00467. The number of hydrogen-bond acceptors (Lipinski definition) is 4. The van der Waals surface area contributed by atoms with Crippen LogP contribution in [0.15, 0.2) is 18.2 Å². The van der Waals surface area contributed by atoms with E-state index in [1.165, 1.54) is 6.42 Å². The molecule has 112 valence electrons. The second-order valence-corrected chi connectivity index (χ2v) is 5.61. The maximum Gasteiger partial charge on any atom is 0.122 e. The fraction of sp³-hybridized carbons (Fsp3) is 0.625. The monoisotopic (exact) mass is 279 g/mol. The Hall–Kier alpha value is -1.26. The number of methoxy groups -OCH3 is 2. The van der Waals surface area contributed by atoms with Gasteiger partial charge in [0, 0.05) is 19.2 Å². The summed E-state index contributed by atoms with van der Waals surface area (Å²) in [5.74, 6) is 1.58. The molecule has 4 nitrogen and oxygen atoms in total. The zero-order chi connectivity index (χ0) is 14.4. The maximum absolute atomic E-state index is 10.4. The molecule has 1 aromatic carbocycles. The molecule has 0 bridgehead atoms. The van der Waals surface area contributed by atoms with E-state index in [2.05, 4.69) is 5.32 Å². The predicted molar refractivity (Wildman–Crippen MR) is 79.3 cm³/mol. The molecule has 0 saturated heterocycles. The number of rotatable bonds is 6. The van der Waals surface area contributed by atoms with Crippen LogP contribution in [0.4, 0.5) is 0 Å². The minimum Gasteiger partial charge on any atom is -0.497 e. The SMILES string of the molecule is COc1cc(CNCC2(O)CCCCC2)cc(OC)c1. The minimum atomic E-state index is -0.527. The Morgan fingerprint density at radius 3 is 2.20 bits per heavy atom. The molecule has 1 aliphatic carbocycles. The standard InChI is InChI=1S/C16H25NO3/c1-19-14-8-13(9-15(10-14)20-2)11-17-12-16(18)6-4-3-5-7-16/h8-10,17-18H,3-7,11-12H2,1-2H3. The van der Waals surface area contributed by atoms with Crippen LogP contribution in [0.2, 0.25) is 0 Å². The van der Waals surface area contributed by atoms with E-state index < -0.39 is 5.60 Å². The molecule has 0 radical (unpaired) electrons. The molecule has 1 aliphatic rings. The van der Waals surface area contributed by atoms with Crippen molar-refractivity contribution in [3.63, 3.8) is 0 Å². The van der Waals surface area contributed by atoms with Crippen LogP contribution in [-0.2, 0) is 6.54 Å². The van der Waals surface area contributed by atoms with Crippen molar-refractivity contribution < 1.29 is 14.6 Å². The van der Waals surface area contributed by atoms with Crippen LogP contribution >= 0.6 is 0 Å². The Morgan fingerprint density at radius 1 is 1.05 bits per heavy atom. The highest BCUT2D eigenvalue weighted by atomic mass is 16.5. The van der Waals surface area contributed by atoms with Crippen molar-refractivity contribution in [2.24, 2.45) is 0 Å².